The van der Waals surface area contributed by atoms with Crippen LogP contribution in [0.25, 0.3) is 0 Å². The number of nitrogens with zero attached hydrogens (tertiary/aromatic N) is 1. The average molecular weight is 290 g/mol. The Kier molecular flexibility index (Phi) is 4.63. The summed E-state index contributed by atoms with van der Waals surface area (Å²) in [6, 6.07) is 9.03. The van der Waals surface area contributed by atoms with Crippen LogP contribution in [0.15, 0.2) is 30.3 Å². The fourth-order valence-corrected chi connectivity index (χ4v) is 2.93. The second kappa shape index (κ2) is 6.26. The van der Waals surface area contributed by atoms with Crippen molar-refractivity contribution in [2.24, 2.45) is 11.1 Å². The Morgan fingerprint density at radius 1 is 1.38 bits per heavy atom. The number of nitrogens with two attached hydrogens (primary N) is 1. The van der Waals surface area contributed by atoms with E-state index in [1.807, 2.05) is 37.3 Å². The van der Waals surface area contributed by atoms with Crippen molar-refractivity contribution in [2.45, 2.75) is 38.6 Å². The molecule has 0 saturated heterocycles. The highest BCUT2D eigenvalue weighted by Crippen LogP contribution is 2.39. The molecule has 0 heterocycles. The molecule has 21 heavy (non-hydrogen) atoms. The van der Waals surface area contributed by atoms with Crippen LogP contribution in [0.2, 0.25) is 0 Å². The van der Waals surface area contributed by atoms with Gasteiger partial charge < -0.3 is 15.7 Å². The standard InChI is InChI=1S/C16H22N2O3/c1-16(10-5-8-13(16)17)15(21)18(11-9-14(19)20)12-6-3-2-4-7-12/h2-4,6-7,13H,5,8-11,17H2,1H3,(H,19,20). The average Bonchev–Trinajstić information content (AvgIpc) is 2.81. The molecule has 0 bridgehead atoms. The molecule has 0 spiro atoms. The molecule has 1 amide bonds. The lowest BCUT2D eigenvalue weighted by Crippen LogP contribution is -2.50. The summed E-state index contributed by atoms with van der Waals surface area (Å²) in [7, 11) is 0. The van der Waals surface area contributed by atoms with Gasteiger partial charge in [-0.3, -0.25) is 9.59 Å². The fraction of sp³-hybridized carbons (Fsp3) is 0.500. The fourth-order valence-electron chi connectivity index (χ4n) is 2.93. The third kappa shape index (κ3) is 3.24. The summed E-state index contributed by atoms with van der Waals surface area (Å²) in [5, 5.41) is 8.91. The number of carboxylic acid groups (broad SMARTS) is 1. The van der Waals surface area contributed by atoms with Crippen molar-refractivity contribution in [3.63, 3.8) is 0 Å². The van der Waals surface area contributed by atoms with E-state index in [-0.39, 0.29) is 24.9 Å². The van der Waals surface area contributed by atoms with E-state index >= 15 is 0 Å². The zero-order valence-electron chi connectivity index (χ0n) is 12.3. The Hall–Kier alpha value is -1.88. The van der Waals surface area contributed by atoms with Crippen molar-refractivity contribution in [3.05, 3.63) is 30.3 Å². The summed E-state index contributed by atoms with van der Waals surface area (Å²) in [6.45, 7) is 2.06. The van der Waals surface area contributed by atoms with Crippen LogP contribution in [0, 0.1) is 5.41 Å². The van der Waals surface area contributed by atoms with Crippen LogP contribution in [-0.2, 0) is 9.59 Å². The smallest absolute Gasteiger partial charge is 0.305 e. The molecule has 1 saturated carbocycles. The summed E-state index contributed by atoms with van der Waals surface area (Å²) < 4.78 is 0. The maximum atomic E-state index is 12.9. The Morgan fingerprint density at radius 2 is 2.05 bits per heavy atom. The highest BCUT2D eigenvalue weighted by molar-refractivity contribution is 5.98. The zero-order valence-corrected chi connectivity index (χ0v) is 12.3. The van der Waals surface area contributed by atoms with Crippen molar-refractivity contribution in [3.8, 4) is 0 Å². The Balaban J connectivity index is 2.26. The molecule has 1 aliphatic carbocycles. The summed E-state index contributed by atoms with van der Waals surface area (Å²) >= 11 is 0. The van der Waals surface area contributed by atoms with Crippen molar-refractivity contribution >= 4 is 17.6 Å². The van der Waals surface area contributed by atoms with Crippen LogP contribution < -0.4 is 10.6 Å². The zero-order chi connectivity index (χ0) is 15.5. The molecule has 1 aromatic carbocycles. The number of amides is 1. The molecule has 2 unspecified atom stereocenters. The Bertz CT molecular complexity index is 518. The third-order valence-electron chi connectivity index (χ3n) is 4.38. The van der Waals surface area contributed by atoms with E-state index in [2.05, 4.69) is 0 Å². The molecule has 2 rings (SSSR count). The van der Waals surface area contributed by atoms with Crippen molar-refractivity contribution in [1.82, 2.24) is 0 Å². The number of carbonyl (C=O) groups is 2. The van der Waals surface area contributed by atoms with Gasteiger partial charge in [-0.1, -0.05) is 24.6 Å². The minimum atomic E-state index is -0.912. The molecular weight excluding hydrogens is 268 g/mol. The molecular formula is C16H22N2O3. The molecule has 0 aromatic heterocycles. The van der Waals surface area contributed by atoms with Crippen LogP contribution >= 0.6 is 0 Å². The van der Waals surface area contributed by atoms with Crippen LogP contribution in [0.1, 0.15) is 32.6 Å². The lowest BCUT2D eigenvalue weighted by atomic mass is 9.83. The maximum absolute atomic E-state index is 12.9. The number of benzene rings is 1. The van der Waals surface area contributed by atoms with E-state index in [1.165, 1.54) is 0 Å². The van der Waals surface area contributed by atoms with Gasteiger partial charge in [0, 0.05) is 18.3 Å². The number of anilines is 1. The monoisotopic (exact) mass is 290 g/mol. The van der Waals surface area contributed by atoms with Crippen LogP contribution in [0.3, 0.4) is 0 Å². The first-order chi connectivity index (χ1) is 9.95. The molecule has 1 fully saturated rings. The molecule has 1 aliphatic rings. The predicted molar refractivity (Wildman–Crippen MR) is 81.0 cm³/mol. The van der Waals surface area contributed by atoms with Crippen LogP contribution in [0.4, 0.5) is 5.69 Å². The van der Waals surface area contributed by atoms with E-state index in [4.69, 9.17) is 10.8 Å². The number of carbonyl (C=O) groups excluding carboxylic acids is 1. The predicted octanol–water partition coefficient (Wildman–Crippen LogP) is 2.01. The molecule has 1 aromatic rings. The first-order valence-electron chi connectivity index (χ1n) is 7.29. The van der Waals surface area contributed by atoms with Gasteiger partial charge in [-0.25, -0.2) is 0 Å². The maximum Gasteiger partial charge on any atom is 0.305 e. The summed E-state index contributed by atoms with van der Waals surface area (Å²) in [6.07, 6.45) is 2.45. The highest BCUT2D eigenvalue weighted by atomic mass is 16.4. The lowest BCUT2D eigenvalue weighted by molar-refractivity contribution is -0.136. The van der Waals surface area contributed by atoms with Crippen LogP contribution in [-0.4, -0.2) is 29.6 Å². The van der Waals surface area contributed by atoms with E-state index in [9.17, 15) is 9.59 Å². The van der Waals surface area contributed by atoms with Crippen LogP contribution in [0.5, 0.6) is 0 Å². The Labute approximate surface area is 124 Å². The summed E-state index contributed by atoms with van der Waals surface area (Å²) in [4.78, 5) is 25.4. The number of aliphatic carboxylic acids is 1. The van der Waals surface area contributed by atoms with Gasteiger partial charge in [-0.2, -0.15) is 0 Å². The normalized spacial score (nSPS) is 24.8. The summed E-state index contributed by atoms with van der Waals surface area (Å²) in [5.74, 6) is -0.982. The number of carboxylic acids is 1. The largest absolute Gasteiger partial charge is 0.481 e. The van der Waals surface area contributed by atoms with Gasteiger partial charge in [0.25, 0.3) is 0 Å². The van der Waals surface area contributed by atoms with E-state index < -0.39 is 11.4 Å². The van der Waals surface area contributed by atoms with Gasteiger partial charge in [-0.15, -0.1) is 0 Å². The molecule has 114 valence electrons. The van der Waals surface area contributed by atoms with Gasteiger partial charge in [0.2, 0.25) is 5.91 Å². The van der Waals surface area contributed by atoms with Crippen molar-refractivity contribution in [2.75, 3.05) is 11.4 Å². The van der Waals surface area contributed by atoms with E-state index in [0.29, 0.717) is 0 Å². The lowest BCUT2D eigenvalue weighted by Gasteiger charge is -2.34. The Morgan fingerprint density at radius 3 is 2.57 bits per heavy atom. The topological polar surface area (TPSA) is 83.6 Å². The second-order valence-corrected chi connectivity index (χ2v) is 5.85. The molecule has 0 aliphatic heterocycles. The van der Waals surface area contributed by atoms with Gasteiger partial charge in [0.1, 0.15) is 0 Å². The molecule has 5 nitrogen and oxygen atoms in total. The van der Waals surface area contributed by atoms with Gasteiger partial charge in [0.15, 0.2) is 0 Å². The minimum Gasteiger partial charge on any atom is -0.481 e. The summed E-state index contributed by atoms with van der Waals surface area (Å²) in [5.41, 5.74) is 6.25. The highest BCUT2D eigenvalue weighted by Gasteiger charge is 2.45. The number of rotatable bonds is 5. The second-order valence-electron chi connectivity index (χ2n) is 5.85. The first kappa shape index (κ1) is 15.5. The first-order valence-corrected chi connectivity index (χ1v) is 7.29. The van der Waals surface area contributed by atoms with Gasteiger partial charge in [0.05, 0.1) is 11.8 Å². The quantitative estimate of drug-likeness (QED) is 0.869. The SMILES string of the molecule is CC1(C(=O)N(CCC(=O)O)c2ccccc2)CCCC1N. The van der Waals surface area contributed by atoms with Crippen molar-refractivity contribution < 1.29 is 14.7 Å². The van der Waals surface area contributed by atoms with Gasteiger partial charge >= 0.3 is 5.97 Å². The molecule has 5 heteroatoms. The molecule has 0 radical (unpaired) electrons. The number of hydrogen-bond acceptors (Lipinski definition) is 3. The number of hydrogen-bond donors (Lipinski definition) is 2. The van der Waals surface area contributed by atoms with E-state index in [1.54, 1.807) is 4.90 Å². The minimum absolute atomic E-state index is 0.0695. The number of para-hydroxylation sites is 1. The molecule has 3 N–H and O–H groups in total. The van der Waals surface area contributed by atoms with Gasteiger partial charge in [-0.05, 0) is 31.9 Å². The third-order valence-corrected chi connectivity index (χ3v) is 4.38. The molecule has 2 atom stereocenters. The van der Waals surface area contributed by atoms with Crippen molar-refractivity contribution in [1.29, 1.82) is 0 Å². The van der Waals surface area contributed by atoms with E-state index in [0.717, 1.165) is 24.9 Å².